The normalized spacial score (nSPS) is 18.9. The Labute approximate surface area is 104 Å². The van der Waals surface area contributed by atoms with E-state index in [0.717, 1.165) is 12.8 Å². The molecule has 0 bridgehead atoms. The van der Waals surface area contributed by atoms with Crippen LogP contribution in [0.3, 0.4) is 0 Å². The first-order valence-electron chi connectivity index (χ1n) is 6.70. The molecular formula is C16H21N. The van der Waals surface area contributed by atoms with Crippen LogP contribution in [0.15, 0.2) is 24.3 Å². The van der Waals surface area contributed by atoms with E-state index in [1.54, 1.807) is 0 Å². The summed E-state index contributed by atoms with van der Waals surface area (Å²) in [5.74, 6) is 0.563. The molecule has 17 heavy (non-hydrogen) atoms. The lowest BCUT2D eigenvalue weighted by atomic mass is 9.70. The summed E-state index contributed by atoms with van der Waals surface area (Å²) < 4.78 is 0. The van der Waals surface area contributed by atoms with E-state index in [4.69, 9.17) is 0 Å². The Kier molecular flexibility index (Phi) is 3.52. The fourth-order valence-corrected chi connectivity index (χ4v) is 2.81. The summed E-state index contributed by atoms with van der Waals surface area (Å²) in [5, 5.41) is 9.52. The zero-order chi connectivity index (χ0) is 12.3. The molecule has 0 spiro atoms. The number of hydrogen-bond acceptors (Lipinski definition) is 1. The van der Waals surface area contributed by atoms with Gasteiger partial charge in [-0.2, -0.15) is 5.26 Å². The first kappa shape index (κ1) is 12.2. The molecule has 1 aromatic carbocycles. The Balaban J connectivity index is 2.29. The smallest absolute Gasteiger partial charge is 0.0822 e. The van der Waals surface area contributed by atoms with E-state index in [9.17, 15) is 5.26 Å². The Morgan fingerprint density at radius 3 is 2.12 bits per heavy atom. The summed E-state index contributed by atoms with van der Waals surface area (Å²) in [6.45, 7) is 4.41. The van der Waals surface area contributed by atoms with Crippen molar-refractivity contribution in [3.63, 3.8) is 0 Å². The zero-order valence-corrected chi connectivity index (χ0v) is 10.9. The molecule has 0 N–H and O–H groups in total. The minimum Gasteiger partial charge on any atom is -0.197 e. The van der Waals surface area contributed by atoms with Crippen LogP contribution in [-0.2, 0) is 5.41 Å². The molecule has 1 aliphatic carbocycles. The molecule has 0 aromatic heterocycles. The van der Waals surface area contributed by atoms with E-state index in [-0.39, 0.29) is 5.41 Å². The third-order valence-corrected chi connectivity index (χ3v) is 4.05. The Bertz CT molecular complexity index is 402. The molecule has 1 aliphatic rings. The molecular weight excluding hydrogens is 206 g/mol. The van der Waals surface area contributed by atoms with Crippen LogP contribution in [0, 0.1) is 11.3 Å². The lowest BCUT2D eigenvalue weighted by Gasteiger charge is -2.31. The van der Waals surface area contributed by atoms with Crippen LogP contribution in [0.1, 0.15) is 63.0 Å². The van der Waals surface area contributed by atoms with Gasteiger partial charge in [-0.3, -0.25) is 0 Å². The summed E-state index contributed by atoms with van der Waals surface area (Å²) in [6, 6.07) is 11.3. The highest BCUT2D eigenvalue weighted by Gasteiger charge is 2.33. The van der Waals surface area contributed by atoms with E-state index in [1.807, 2.05) is 0 Å². The standard InChI is InChI=1S/C16H21N/c1-13(2)14-6-8-15(9-7-14)16(12-17)10-4-3-5-11-16/h6-9,13H,3-5,10-11H2,1-2H3. The maximum absolute atomic E-state index is 9.52. The van der Waals surface area contributed by atoms with Gasteiger partial charge in [-0.25, -0.2) is 0 Å². The van der Waals surface area contributed by atoms with Gasteiger partial charge in [-0.05, 0) is 29.9 Å². The molecule has 1 aromatic rings. The third kappa shape index (κ3) is 2.36. The van der Waals surface area contributed by atoms with Crippen LogP contribution >= 0.6 is 0 Å². The summed E-state index contributed by atoms with van der Waals surface area (Å²) in [5.41, 5.74) is 2.38. The lowest BCUT2D eigenvalue weighted by Crippen LogP contribution is -2.26. The topological polar surface area (TPSA) is 23.8 Å². The van der Waals surface area contributed by atoms with Gasteiger partial charge in [-0.1, -0.05) is 57.4 Å². The van der Waals surface area contributed by atoms with Crippen molar-refractivity contribution >= 4 is 0 Å². The molecule has 0 saturated heterocycles. The van der Waals surface area contributed by atoms with E-state index >= 15 is 0 Å². The number of hydrogen-bond donors (Lipinski definition) is 0. The van der Waals surface area contributed by atoms with Gasteiger partial charge in [0, 0.05) is 0 Å². The molecule has 0 atom stereocenters. The van der Waals surface area contributed by atoms with E-state index < -0.39 is 0 Å². The Hall–Kier alpha value is -1.29. The monoisotopic (exact) mass is 227 g/mol. The summed E-state index contributed by atoms with van der Waals surface area (Å²) in [7, 11) is 0. The molecule has 1 saturated carbocycles. The van der Waals surface area contributed by atoms with Crippen LogP contribution in [0.2, 0.25) is 0 Å². The van der Waals surface area contributed by atoms with Gasteiger partial charge >= 0.3 is 0 Å². The van der Waals surface area contributed by atoms with Crippen molar-refractivity contribution in [2.45, 2.75) is 57.3 Å². The molecule has 0 heterocycles. The van der Waals surface area contributed by atoms with Crippen molar-refractivity contribution in [3.05, 3.63) is 35.4 Å². The first-order valence-corrected chi connectivity index (χ1v) is 6.70. The minimum absolute atomic E-state index is 0.201. The lowest BCUT2D eigenvalue weighted by molar-refractivity contribution is 0.366. The van der Waals surface area contributed by atoms with E-state index in [1.165, 1.54) is 30.4 Å². The maximum Gasteiger partial charge on any atom is 0.0822 e. The van der Waals surface area contributed by atoms with Crippen molar-refractivity contribution in [2.75, 3.05) is 0 Å². The number of rotatable bonds is 2. The molecule has 1 fully saturated rings. The molecule has 1 nitrogen and oxygen atoms in total. The Morgan fingerprint density at radius 1 is 1.06 bits per heavy atom. The summed E-state index contributed by atoms with van der Waals surface area (Å²) >= 11 is 0. The van der Waals surface area contributed by atoms with Crippen LogP contribution < -0.4 is 0 Å². The van der Waals surface area contributed by atoms with Gasteiger partial charge in [0.1, 0.15) is 0 Å². The van der Waals surface area contributed by atoms with Crippen molar-refractivity contribution in [1.82, 2.24) is 0 Å². The highest BCUT2D eigenvalue weighted by Crippen LogP contribution is 2.39. The minimum atomic E-state index is -0.201. The fraction of sp³-hybridized carbons (Fsp3) is 0.562. The van der Waals surface area contributed by atoms with Gasteiger partial charge < -0.3 is 0 Å². The predicted molar refractivity (Wildman–Crippen MR) is 70.9 cm³/mol. The summed E-state index contributed by atoms with van der Waals surface area (Å²) in [6.07, 6.45) is 5.74. The highest BCUT2D eigenvalue weighted by molar-refractivity contribution is 5.35. The zero-order valence-electron chi connectivity index (χ0n) is 10.9. The van der Waals surface area contributed by atoms with Gasteiger partial charge in [0.25, 0.3) is 0 Å². The molecule has 2 rings (SSSR count). The maximum atomic E-state index is 9.52. The average Bonchev–Trinajstić information content (AvgIpc) is 2.39. The quantitative estimate of drug-likeness (QED) is 0.728. The molecule has 1 heteroatoms. The molecule has 0 aliphatic heterocycles. The molecule has 0 unspecified atom stereocenters. The van der Waals surface area contributed by atoms with Gasteiger partial charge in [0.05, 0.1) is 11.5 Å². The number of nitriles is 1. The third-order valence-electron chi connectivity index (χ3n) is 4.05. The number of benzene rings is 1. The SMILES string of the molecule is CC(C)c1ccc(C2(C#N)CCCCC2)cc1. The number of nitrogens with zero attached hydrogens (tertiary/aromatic N) is 1. The second-order valence-corrected chi connectivity index (χ2v) is 5.53. The molecule has 90 valence electrons. The van der Waals surface area contributed by atoms with Crippen LogP contribution in [0.5, 0.6) is 0 Å². The van der Waals surface area contributed by atoms with Gasteiger partial charge in [0.15, 0.2) is 0 Å². The van der Waals surface area contributed by atoms with Crippen LogP contribution in [0.25, 0.3) is 0 Å². The van der Waals surface area contributed by atoms with Gasteiger partial charge in [-0.15, -0.1) is 0 Å². The second-order valence-electron chi connectivity index (χ2n) is 5.53. The van der Waals surface area contributed by atoms with Crippen molar-refractivity contribution in [2.24, 2.45) is 0 Å². The Morgan fingerprint density at radius 2 is 1.65 bits per heavy atom. The van der Waals surface area contributed by atoms with Gasteiger partial charge in [0.2, 0.25) is 0 Å². The second kappa shape index (κ2) is 4.92. The molecule has 0 amide bonds. The van der Waals surface area contributed by atoms with Crippen LogP contribution in [-0.4, -0.2) is 0 Å². The van der Waals surface area contributed by atoms with Crippen LogP contribution in [0.4, 0.5) is 0 Å². The molecule has 0 radical (unpaired) electrons. The average molecular weight is 227 g/mol. The van der Waals surface area contributed by atoms with E-state index in [2.05, 4.69) is 44.2 Å². The first-order chi connectivity index (χ1) is 8.18. The van der Waals surface area contributed by atoms with Crippen molar-refractivity contribution in [1.29, 1.82) is 5.26 Å². The predicted octanol–water partition coefficient (Wildman–Crippen LogP) is 4.54. The largest absolute Gasteiger partial charge is 0.197 e. The fourth-order valence-electron chi connectivity index (χ4n) is 2.81. The summed E-state index contributed by atoms with van der Waals surface area (Å²) in [4.78, 5) is 0. The van der Waals surface area contributed by atoms with E-state index in [0.29, 0.717) is 5.92 Å². The highest BCUT2D eigenvalue weighted by atomic mass is 14.4. The van der Waals surface area contributed by atoms with Crippen molar-refractivity contribution in [3.8, 4) is 6.07 Å². The van der Waals surface area contributed by atoms with Crippen molar-refractivity contribution < 1.29 is 0 Å².